The summed E-state index contributed by atoms with van der Waals surface area (Å²) < 4.78 is 78.0. The molecule has 0 bridgehead atoms. The van der Waals surface area contributed by atoms with E-state index in [1.165, 1.54) is 19.2 Å². The molecule has 8 heteroatoms. The van der Waals surface area contributed by atoms with Gasteiger partial charge in [0.1, 0.15) is 5.75 Å². The number of alkyl halides is 5. The van der Waals surface area contributed by atoms with Gasteiger partial charge in [-0.2, -0.15) is 26.3 Å². The quantitative estimate of drug-likeness (QED) is 0.603. The maximum Gasteiger partial charge on any atom is 0.462 e. The Labute approximate surface area is 97.9 Å². The van der Waals surface area contributed by atoms with Gasteiger partial charge in [-0.05, 0) is 24.3 Å². The molecule has 0 aliphatic carbocycles. The fourth-order valence-corrected chi connectivity index (χ4v) is 0.957. The van der Waals surface area contributed by atoms with Crippen molar-refractivity contribution >= 4 is 11.7 Å². The van der Waals surface area contributed by atoms with Crippen LogP contribution in [0.4, 0.5) is 32.0 Å². The predicted molar refractivity (Wildman–Crippen MR) is 52.2 cm³/mol. The van der Waals surface area contributed by atoms with Crippen molar-refractivity contribution in [3.63, 3.8) is 0 Å². The Morgan fingerprint density at radius 2 is 1.56 bits per heavy atom. The summed E-state index contributed by atoms with van der Waals surface area (Å²) in [5.74, 6) is -8.08. The number of nitrogens with zero attached hydrogens (tertiary/aromatic N) is 1. The van der Waals surface area contributed by atoms with Gasteiger partial charge in [-0.15, -0.1) is 0 Å². The van der Waals surface area contributed by atoms with Gasteiger partial charge in [0.15, 0.2) is 0 Å². The van der Waals surface area contributed by atoms with E-state index in [0.29, 0.717) is 5.75 Å². The van der Waals surface area contributed by atoms with E-state index in [1.807, 2.05) is 0 Å². The molecule has 0 aromatic heterocycles. The zero-order chi connectivity index (χ0) is 14.0. The van der Waals surface area contributed by atoms with Crippen molar-refractivity contribution in [2.75, 3.05) is 7.11 Å². The Hall–Kier alpha value is -1.73. The lowest BCUT2D eigenvalue weighted by molar-refractivity contribution is -0.252. The molecule has 0 aliphatic rings. The molecule has 0 spiro atoms. The monoisotopic (exact) mass is 271 g/mol. The van der Waals surface area contributed by atoms with E-state index in [-0.39, 0.29) is 5.69 Å². The van der Waals surface area contributed by atoms with Crippen LogP contribution < -0.4 is 4.74 Å². The summed E-state index contributed by atoms with van der Waals surface area (Å²) >= 11 is 0. The number of hydrogen-bond acceptors (Lipinski definition) is 2. The number of ether oxygens (including phenoxy) is 1. The number of methoxy groups -OCH3 is 1. The maximum atomic E-state index is 12.8. The highest BCUT2D eigenvalue weighted by Crippen LogP contribution is 2.37. The van der Waals surface area contributed by atoms with Crippen molar-refractivity contribution in [3.05, 3.63) is 24.3 Å². The smallest absolute Gasteiger partial charge is 0.462 e. The third kappa shape index (κ3) is 2.93. The molecule has 0 saturated heterocycles. The molecule has 1 rings (SSSR count). The molecule has 0 aliphatic heterocycles. The summed E-state index contributed by atoms with van der Waals surface area (Å²) in [7, 11) is 1.33. The fraction of sp³-hybridized carbons (Fsp3) is 0.300. The first kappa shape index (κ1) is 14.3. The molecule has 1 aromatic rings. The highest BCUT2D eigenvalue weighted by molar-refractivity contribution is 5.85. The van der Waals surface area contributed by atoms with Gasteiger partial charge in [0, 0.05) is 0 Å². The first-order valence-electron chi connectivity index (χ1n) is 4.51. The molecular formula is C10H7F6NO. The fourth-order valence-electron chi connectivity index (χ4n) is 0.957. The lowest BCUT2D eigenvalue weighted by Gasteiger charge is -2.16. The van der Waals surface area contributed by atoms with Gasteiger partial charge in [0.25, 0.3) is 5.97 Å². The van der Waals surface area contributed by atoms with Crippen molar-refractivity contribution < 1.29 is 31.1 Å². The van der Waals surface area contributed by atoms with E-state index >= 15 is 0 Å². The van der Waals surface area contributed by atoms with Gasteiger partial charge in [-0.25, -0.2) is 4.99 Å². The topological polar surface area (TPSA) is 21.6 Å². The molecule has 1 aromatic carbocycles. The van der Waals surface area contributed by atoms with E-state index in [4.69, 9.17) is 4.74 Å². The number of hydrogen-bond donors (Lipinski definition) is 0. The zero-order valence-electron chi connectivity index (χ0n) is 8.93. The molecule has 18 heavy (non-hydrogen) atoms. The minimum Gasteiger partial charge on any atom is -0.497 e. The van der Waals surface area contributed by atoms with Crippen LogP contribution in [-0.2, 0) is 0 Å². The molecule has 0 amide bonds. The number of benzene rings is 1. The standard InChI is InChI=1S/C10H7F6NO/c1-18-7-4-2-6(3-5-7)17-8(11)9(12,13)10(14,15)16/h2-5H,1H3. The van der Waals surface area contributed by atoms with E-state index < -0.39 is 18.1 Å². The van der Waals surface area contributed by atoms with Gasteiger partial charge < -0.3 is 4.74 Å². The van der Waals surface area contributed by atoms with Crippen LogP contribution in [0.15, 0.2) is 29.3 Å². The first-order valence-corrected chi connectivity index (χ1v) is 4.51. The second-order valence-corrected chi connectivity index (χ2v) is 3.17. The Morgan fingerprint density at radius 1 is 1.06 bits per heavy atom. The van der Waals surface area contributed by atoms with E-state index in [0.717, 1.165) is 12.1 Å². The normalized spacial score (nSPS) is 13.6. The summed E-state index contributed by atoms with van der Waals surface area (Å²) in [5, 5.41) is 0. The van der Waals surface area contributed by atoms with E-state index in [2.05, 4.69) is 4.99 Å². The van der Waals surface area contributed by atoms with Crippen LogP contribution in [0.3, 0.4) is 0 Å². The lowest BCUT2D eigenvalue weighted by atomic mass is 10.3. The average Bonchev–Trinajstić information content (AvgIpc) is 2.28. The molecule has 0 saturated carbocycles. The number of halogens is 6. The molecule has 0 unspecified atom stereocenters. The van der Waals surface area contributed by atoms with Crippen LogP contribution in [0, 0.1) is 0 Å². The van der Waals surface area contributed by atoms with Gasteiger partial charge in [0.05, 0.1) is 12.8 Å². The Morgan fingerprint density at radius 3 is 1.94 bits per heavy atom. The van der Waals surface area contributed by atoms with Gasteiger partial charge in [-0.1, -0.05) is 0 Å². The van der Waals surface area contributed by atoms with Crippen molar-refractivity contribution in [2.24, 2.45) is 4.99 Å². The number of rotatable bonds is 3. The van der Waals surface area contributed by atoms with Crippen LogP contribution in [0.1, 0.15) is 0 Å². The van der Waals surface area contributed by atoms with Crippen LogP contribution in [-0.4, -0.2) is 25.2 Å². The minimum atomic E-state index is -6.02. The summed E-state index contributed by atoms with van der Waals surface area (Å²) in [6.45, 7) is 0. The lowest BCUT2D eigenvalue weighted by Crippen LogP contribution is -2.42. The van der Waals surface area contributed by atoms with Crippen molar-refractivity contribution in [1.29, 1.82) is 0 Å². The van der Waals surface area contributed by atoms with Crippen molar-refractivity contribution in [3.8, 4) is 5.75 Å². The summed E-state index contributed by atoms with van der Waals surface area (Å²) in [5.41, 5.74) is -0.378. The third-order valence-corrected chi connectivity index (χ3v) is 1.91. The van der Waals surface area contributed by atoms with Crippen LogP contribution in [0.25, 0.3) is 0 Å². The maximum absolute atomic E-state index is 12.8. The zero-order valence-corrected chi connectivity index (χ0v) is 8.93. The number of aliphatic imine (C=N–C) groups is 1. The summed E-state index contributed by atoms with van der Waals surface area (Å²) in [6.07, 6.45) is -6.02. The second kappa shape index (κ2) is 4.87. The summed E-state index contributed by atoms with van der Waals surface area (Å²) in [6, 6.07) is 4.59. The predicted octanol–water partition coefficient (Wildman–Crippen LogP) is 3.89. The summed E-state index contributed by atoms with van der Waals surface area (Å²) in [4.78, 5) is 2.60. The average molecular weight is 271 g/mol. The Balaban J connectivity index is 3.01. The molecule has 0 N–H and O–H groups in total. The molecule has 0 heterocycles. The molecule has 0 atom stereocenters. The molecule has 100 valence electrons. The molecule has 0 fully saturated rings. The molecular weight excluding hydrogens is 264 g/mol. The van der Waals surface area contributed by atoms with Gasteiger partial charge >= 0.3 is 12.1 Å². The third-order valence-electron chi connectivity index (χ3n) is 1.91. The van der Waals surface area contributed by atoms with Gasteiger partial charge in [0.2, 0.25) is 0 Å². The van der Waals surface area contributed by atoms with E-state index in [1.54, 1.807) is 0 Å². The highest BCUT2D eigenvalue weighted by Gasteiger charge is 2.62. The SMILES string of the molecule is COc1ccc(N=C(F)C(F)(F)C(F)(F)F)cc1. The molecule has 0 radical (unpaired) electrons. The van der Waals surface area contributed by atoms with Crippen LogP contribution in [0.2, 0.25) is 0 Å². The van der Waals surface area contributed by atoms with Crippen molar-refractivity contribution in [2.45, 2.75) is 12.1 Å². The first-order chi connectivity index (χ1) is 8.18. The Bertz CT molecular complexity index is 437. The van der Waals surface area contributed by atoms with Crippen LogP contribution in [0.5, 0.6) is 5.75 Å². The van der Waals surface area contributed by atoms with Crippen molar-refractivity contribution in [1.82, 2.24) is 0 Å². The Kier molecular flexibility index (Phi) is 3.88. The molecule has 2 nitrogen and oxygen atoms in total. The van der Waals surface area contributed by atoms with E-state index in [9.17, 15) is 26.3 Å². The van der Waals surface area contributed by atoms with Gasteiger partial charge in [-0.3, -0.25) is 0 Å². The minimum absolute atomic E-state index is 0.330. The second-order valence-electron chi connectivity index (χ2n) is 3.17. The van der Waals surface area contributed by atoms with Crippen LogP contribution >= 0.6 is 0 Å². The highest BCUT2D eigenvalue weighted by atomic mass is 19.4. The largest absolute Gasteiger partial charge is 0.497 e.